The fourth-order valence-electron chi connectivity index (χ4n) is 3.45. The van der Waals surface area contributed by atoms with Gasteiger partial charge in [-0.3, -0.25) is 4.79 Å². The van der Waals surface area contributed by atoms with Crippen molar-refractivity contribution in [1.82, 2.24) is 10.6 Å². The van der Waals surface area contributed by atoms with Gasteiger partial charge >= 0.3 is 5.97 Å². The number of carboxylic acids is 1. The van der Waals surface area contributed by atoms with Crippen LogP contribution in [-0.4, -0.2) is 38.0 Å². The first kappa shape index (κ1) is 22.6. The standard InChI is InChI=1S/C20H20Cl2N2O5S/c21-15-8-13-9-23-5-4-14(13)18(22)17(15)19(25)24-16(20(26)27)7-11-2-1-3-12(6-11)10-30(28)29/h1-3,6,8,16,23,30H,4-5,7,9-10H2,(H,24,25)(H,26,27)/t16-/m0/s1. The second-order valence-corrected chi connectivity index (χ2v) is 8.76. The fourth-order valence-corrected chi connectivity index (χ4v) is 4.71. The zero-order valence-electron chi connectivity index (χ0n) is 15.8. The van der Waals surface area contributed by atoms with Crippen LogP contribution in [0.5, 0.6) is 0 Å². The third-order valence-corrected chi connectivity index (χ3v) is 6.19. The van der Waals surface area contributed by atoms with Crippen LogP contribution >= 0.6 is 23.2 Å². The van der Waals surface area contributed by atoms with Gasteiger partial charge in [-0.1, -0.05) is 47.5 Å². The van der Waals surface area contributed by atoms with Crippen molar-refractivity contribution < 1.29 is 23.1 Å². The zero-order valence-corrected chi connectivity index (χ0v) is 18.2. The number of nitrogens with one attached hydrogen (secondary N) is 2. The molecular formula is C20H20Cl2N2O5S. The number of amides is 1. The van der Waals surface area contributed by atoms with E-state index in [0.29, 0.717) is 24.1 Å². The lowest BCUT2D eigenvalue weighted by Gasteiger charge is -2.22. The minimum atomic E-state index is -2.60. The van der Waals surface area contributed by atoms with E-state index in [4.69, 9.17) is 23.2 Å². The predicted molar refractivity (Wildman–Crippen MR) is 115 cm³/mol. The Morgan fingerprint density at radius 3 is 2.63 bits per heavy atom. The van der Waals surface area contributed by atoms with Crippen molar-refractivity contribution in [2.24, 2.45) is 0 Å². The minimum absolute atomic E-state index is 0.0192. The Labute approximate surface area is 185 Å². The molecule has 0 spiro atoms. The van der Waals surface area contributed by atoms with Gasteiger partial charge in [0.1, 0.15) is 16.7 Å². The summed E-state index contributed by atoms with van der Waals surface area (Å²) in [4.78, 5) is 24.6. The highest BCUT2D eigenvalue weighted by Gasteiger charge is 2.27. The quantitative estimate of drug-likeness (QED) is 0.461. The molecule has 30 heavy (non-hydrogen) atoms. The van der Waals surface area contributed by atoms with Gasteiger partial charge in [0.15, 0.2) is 0 Å². The number of hydrogen-bond acceptors (Lipinski definition) is 5. The Bertz CT molecular complexity index is 1060. The van der Waals surface area contributed by atoms with Gasteiger partial charge < -0.3 is 15.7 Å². The number of thiol groups is 1. The van der Waals surface area contributed by atoms with Crippen molar-refractivity contribution >= 4 is 45.8 Å². The van der Waals surface area contributed by atoms with Crippen LogP contribution in [0.1, 0.15) is 32.6 Å². The summed E-state index contributed by atoms with van der Waals surface area (Å²) in [6.07, 6.45) is 0.622. The van der Waals surface area contributed by atoms with E-state index in [9.17, 15) is 23.1 Å². The van der Waals surface area contributed by atoms with E-state index in [2.05, 4.69) is 10.6 Å². The molecule has 7 nitrogen and oxygen atoms in total. The number of benzene rings is 2. The third kappa shape index (κ3) is 5.31. The Balaban J connectivity index is 1.82. The molecule has 10 heteroatoms. The van der Waals surface area contributed by atoms with Crippen LogP contribution in [0.2, 0.25) is 10.0 Å². The number of aliphatic carboxylic acids is 1. The molecule has 1 atom stereocenters. The van der Waals surface area contributed by atoms with E-state index in [1.165, 1.54) is 0 Å². The molecule has 1 amide bonds. The topological polar surface area (TPSA) is 113 Å². The Morgan fingerprint density at radius 2 is 1.93 bits per heavy atom. The van der Waals surface area contributed by atoms with Gasteiger partial charge in [0.2, 0.25) is 0 Å². The van der Waals surface area contributed by atoms with Crippen LogP contribution < -0.4 is 10.6 Å². The molecule has 3 N–H and O–H groups in total. The van der Waals surface area contributed by atoms with E-state index in [1.807, 2.05) is 0 Å². The summed E-state index contributed by atoms with van der Waals surface area (Å²) in [5, 5.41) is 15.7. The second-order valence-electron chi connectivity index (χ2n) is 6.99. The molecule has 1 heterocycles. The van der Waals surface area contributed by atoms with Crippen LogP contribution in [0.25, 0.3) is 0 Å². The van der Waals surface area contributed by atoms with Crippen LogP contribution in [0.4, 0.5) is 0 Å². The number of carboxylic acid groups (broad SMARTS) is 1. The van der Waals surface area contributed by atoms with Gasteiger partial charge in [-0.2, -0.15) is 0 Å². The van der Waals surface area contributed by atoms with Crippen molar-refractivity contribution in [1.29, 1.82) is 0 Å². The van der Waals surface area contributed by atoms with Crippen molar-refractivity contribution in [2.75, 3.05) is 6.54 Å². The highest BCUT2D eigenvalue weighted by Crippen LogP contribution is 2.33. The zero-order chi connectivity index (χ0) is 21.8. The number of carbonyl (C=O) groups is 2. The lowest BCUT2D eigenvalue weighted by molar-refractivity contribution is -0.139. The number of halogens is 2. The Morgan fingerprint density at radius 1 is 1.20 bits per heavy atom. The predicted octanol–water partition coefficient (Wildman–Crippen LogP) is 2.18. The highest BCUT2D eigenvalue weighted by molar-refractivity contribution is 7.71. The maximum absolute atomic E-state index is 12.9. The van der Waals surface area contributed by atoms with Crippen LogP contribution in [0.15, 0.2) is 30.3 Å². The summed E-state index contributed by atoms with van der Waals surface area (Å²) in [6, 6.07) is 7.01. The van der Waals surface area contributed by atoms with E-state index in [1.54, 1.807) is 30.3 Å². The molecule has 3 rings (SSSR count). The Hall–Kier alpha value is -2.13. The maximum atomic E-state index is 12.9. The number of carbonyl (C=O) groups excluding carboxylic acids is 1. The average Bonchev–Trinajstić information content (AvgIpc) is 2.67. The molecule has 2 aromatic carbocycles. The first-order valence-corrected chi connectivity index (χ1v) is 11.3. The van der Waals surface area contributed by atoms with E-state index in [-0.39, 0.29) is 27.8 Å². The average molecular weight is 471 g/mol. The van der Waals surface area contributed by atoms with Gasteiger partial charge in [0, 0.05) is 13.0 Å². The lowest BCUT2D eigenvalue weighted by atomic mass is 9.97. The van der Waals surface area contributed by atoms with Gasteiger partial charge in [0.05, 0.1) is 21.4 Å². The molecule has 2 aromatic rings. The molecule has 0 fully saturated rings. The summed E-state index contributed by atoms with van der Waals surface area (Å²) in [7, 11) is -2.60. The monoisotopic (exact) mass is 470 g/mol. The van der Waals surface area contributed by atoms with Crippen LogP contribution in [0, 0.1) is 0 Å². The molecule has 1 aliphatic heterocycles. The molecule has 160 valence electrons. The number of hydrogen-bond donors (Lipinski definition) is 4. The number of rotatable bonds is 7. The molecule has 1 aliphatic rings. The van der Waals surface area contributed by atoms with Crippen molar-refractivity contribution in [3.8, 4) is 0 Å². The summed E-state index contributed by atoms with van der Waals surface area (Å²) < 4.78 is 21.9. The molecule has 0 saturated carbocycles. The fraction of sp³-hybridized carbons (Fsp3) is 0.300. The lowest BCUT2D eigenvalue weighted by Crippen LogP contribution is -2.42. The van der Waals surface area contributed by atoms with Crippen molar-refractivity contribution in [3.05, 3.63) is 68.2 Å². The molecule has 0 bridgehead atoms. The number of fused-ring (bicyclic) bond motifs is 1. The van der Waals surface area contributed by atoms with Gasteiger partial charge in [-0.25, -0.2) is 13.2 Å². The first-order chi connectivity index (χ1) is 14.3. The summed E-state index contributed by atoms with van der Waals surface area (Å²) in [6.45, 7) is 1.32. The molecule has 0 unspecified atom stereocenters. The normalized spacial score (nSPS) is 14.2. The summed E-state index contributed by atoms with van der Waals surface area (Å²) >= 11 is 12.7. The molecule has 0 aromatic heterocycles. The smallest absolute Gasteiger partial charge is 0.326 e. The van der Waals surface area contributed by atoms with Crippen LogP contribution in [0.3, 0.4) is 0 Å². The molecule has 0 aliphatic carbocycles. The minimum Gasteiger partial charge on any atom is -0.480 e. The molecular weight excluding hydrogens is 451 g/mol. The van der Waals surface area contributed by atoms with Crippen LogP contribution in [-0.2, 0) is 40.6 Å². The molecule has 0 saturated heterocycles. The van der Waals surface area contributed by atoms with Crippen molar-refractivity contribution in [3.63, 3.8) is 0 Å². The largest absolute Gasteiger partial charge is 0.480 e. The van der Waals surface area contributed by atoms with Gasteiger partial charge in [-0.15, -0.1) is 0 Å². The summed E-state index contributed by atoms with van der Waals surface area (Å²) in [5.74, 6) is -2.03. The van der Waals surface area contributed by atoms with Gasteiger partial charge in [0.25, 0.3) is 5.91 Å². The summed E-state index contributed by atoms with van der Waals surface area (Å²) in [5.41, 5.74) is 2.94. The van der Waals surface area contributed by atoms with E-state index < -0.39 is 28.6 Å². The van der Waals surface area contributed by atoms with Crippen molar-refractivity contribution in [2.45, 2.75) is 31.2 Å². The van der Waals surface area contributed by atoms with E-state index >= 15 is 0 Å². The third-order valence-electron chi connectivity index (χ3n) is 4.85. The maximum Gasteiger partial charge on any atom is 0.326 e. The second kappa shape index (κ2) is 9.78. The Kier molecular flexibility index (Phi) is 7.36. The highest BCUT2D eigenvalue weighted by atomic mass is 35.5. The van der Waals surface area contributed by atoms with E-state index in [0.717, 1.165) is 17.7 Å². The molecule has 0 radical (unpaired) electrons. The van der Waals surface area contributed by atoms with Gasteiger partial charge in [-0.05, 0) is 41.3 Å². The first-order valence-electron chi connectivity index (χ1n) is 9.20. The SMILES string of the molecule is O=C(N[C@@H](Cc1cccc(C[SH](=O)=O)c1)C(=O)O)c1c(Cl)cc2c(c1Cl)CCNC2.